The molecule has 1 heterocycles. The van der Waals surface area contributed by atoms with Gasteiger partial charge in [-0.3, -0.25) is 0 Å². The van der Waals surface area contributed by atoms with E-state index in [9.17, 15) is 0 Å². The molecule has 0 aliphatic carbocycles. The number of aromatic nitrogens is 2. The van der Waals surface area contributed by atoms with Crippen LogP contribution in [0, 0.1) is 11.3 Å². The zero-order chi connectivity index (χ0) is 14.3. The zero-order valence-corrected chi connectivity index (χ0v) is 11.8. The molecule has 6 nitrogen and oxygen atoms in total. The van der Waals surface area contributed by atoms with E-state index in [1.807, 2.05) is 11.8 Å². The fourth-order valence-electron chi connectivity index (χ4n) is 1.72. The van der Waals surface area contributed by atoms with Gasteiger partial charge < -0.3 is 15.4 Å². The molecule has 0 amide bonds. The van der Waals surface area contributed by atoms with Crippen LogP contribution in [0.3, 0.4) is 0 Å². The normalized spacial score (nSPS) is 10.5. The number of nitrogens with two attached hydrogens (primary N) is 1. The lowest BCUT2D eigenvalue weighted by Gasteiger charge is -2.27. The SMILES string of the molecule is CCOCc1nc(N)cc(N(CCC#N)C(C)C)n1. The largest absolute Gasteiger partial charge is 0.384 e. The molecule has 0 spiro atoms. The molecular formula is C13H21N5O. The van der Waals surface area contributed by atoms with Gasteiger partial charge in [0.2, 0.25) is 0 Å². The molecule has 6 heteroatoms. The number of hydrogen-bond acceptors (Lipinski definition) is 6. The molecule has 1 aromatic heterocycles. The predicted molar refractivity (Wildman–Crippen MR) is 74.5 cm³/mol. The first kappa shape index (κ1) is 15.2. The average Bonchev–Trinajstić information content (AvgIpc) is 2.36. The van der Waals surface area contributed by atoms with Crippen molar-refractivity contribution in [3.63, 3.8) is 0 Å². The molecule has 0 fully saturated rings. The highest BCUT2D eigenvalue weighted by Crippen LogP contribution is 2.17. The number of nitrogens with zero attached hydrogens (tertiary/aromatic N) is 4. The molecule has 0 unspecified atom stereocenters. The Morgan fingerprint density at radius 3 is 2.79 bits per heavy atom. The van der Waals surface area contributed by atoms with Crippen molar-refractivity contribution >= 4 is 11.6 Å². The number of hydrogen-bond donors (Lipinski definition) is 1. The highest BCUT2D eigenvalue weighted by atomic mass is 16.5. The Morgan fingerprint density at radius 1 is 1.47 bits per heavy atom. The third kappa shape index (κ3) is 4.72. The summed E-state index contributed by atoms with van der Waals surface area (Å²) in [7, 11) is 0. The molecule has 0 bridgehead atoms. The van der Waals surface area contributed by atoms with Crippen molar-refractivity contribution in [2.45, 2.75) is 39.8 Å². The van der Waals surface area contributed by atoms with E-state index in [0.717, 1.165) is 5.82 Å². The van der Waals surface area contributed by atoms with Gasteiger partial charge in [-0.1, -0.05) is 0 Å². The molecule has 0 atom stereocenters. The van der Waals surface area contributed by atoms with Crippen molar-refractivity contribution in [3.05, 3.63) is 11.9 Å². The second kappa shape index (κ2) is 7.54. The van der Waals surface area contributed by atoms with Crippen LogP contribution in [0.5, 0.6) is 0 Å². The van der Waals surface area contributed by atoms with Crippen LogP contribution in [0.2, 0.25) is 0 Å². The van der Waals surface area contributed by atoms with Gasteiger partial charge in [0, 0.05) is 25.3 Å². The second-order valence-electron chi connectivity index (χ2n) is 4.40. The monoisotopic (exact) mass is 263 g/mol. The van der Waals surface area contributed by atoms with Crippen LogP contribution in [-0.2, 0) is 11.3 Å². The Balaban J connectivity index is 2.95. The molecule has 0 saturated carbocycles. The van der Waals surface area contributed by atoms with E-state index in [1.165, 1.54) is 0 Å². The van der Waals surface area contributed by atoms with E-state index in [2.05, 4.69) is 29.9 Å². The quantitative estimate of drug-likeness (QED) is 0.806. The third-order valence-corrected chi connectivity index (χ3v) is 2.60. The highest BCUT2D eigenvalue weighted by molar-refractivity contribution is 5.47. The Morgan fingerprint density at radius 2 is 2.21 bits per heavy atom. The predicted octanol–water partition coefficient (Wildman–Crippen LogP) is 1.72. The summed E-state index contributed by atoms with van der Waals surface area (Å²) in [6, 6.07) is 4.11. The van der Waals surface area contributed by atoms with Crippen LogP contribution in [-0.4, -0.2) is 29.2 Å². The number of nitrogen functional groups attached to an aromatic ring is 1. The summed E-state index contributed by atoms with van der Waals surface area (Å²) >= 11 is 0. The summed E-state index contributed by atoms with van der Waals surface area (Å²) in [5.74, 6) is 1.73. The van der Waals surface area contributed by atoms with Crippen LogP contribution in [0.15, 0.2) is 6.07 Å². The van der Waals surface area contributed by atoms with Crippen LogP contribution in [0.1, 0.15) is 33.0 Å². The lowest BCUT2D eigenvalue weighted by atomic mass is 10.3. The molecule has 2 N–H and O–H groups in total. The molecule has 19 heavy (non-hydrogen) atoms. The van der Waals surface area contributed by atoms with Crippen molar-refractivity contribution < 1.29 is 4.74 Å². The van der Waals surface area contributed by atoms with Gasteiger partial charge in [0.25, 0.3) is 0 Å². The second-order valence-corrected chi connectivity index (χ2v) is 4.40. The van der Waals surface area contributed by atoms with Crippen molar-refractivity contribution in [1.82, 2.24) is 9.97 Å². The first-order valence-corrected chi connectivity index (χ1v) is 6.43. The number of anilines is 2. The van der Waals surface area contributed by atoms with E-state index >= 15 is 0 Å². The van der Waals surface area contributed by atoms with Crippen LogP contribution in [0.4, 0.5) is 11.6 Å². The van der Waals surface area contributed by atoms with Gasteiger partial charge >= 0.3 is 0 Å². The molecule has 1 aromatic rings. The fourth-order valence-corrected chi connectivity index (χ4v) is 1.72. The Labute approximate surface area is 114 Å². The van der Waals surface area contributed by atoms with E-state index in [1.54, 1.807) is 6.07 Å². The molecule has 0 aliphatic rings. The van der Waals surface area contributed by atoms with Gasteiger partial charge in [-0.15, -0.1) is 0 Å². The minimum atomic E-state index is 0.239. The summed E-state index contributed by atoms with van der Waals surface area (Å²) in [4.78, 5) is 10.6. The minimum absolute atomic E-state index is 0.239. The summed E-state index contributed by atoms with van der Waals surface area (Å²) in [6.07, 6.45) is 0.447. The van der Waals surface area contributed by atoms with E-state index in [-0.39, 0.29) is 6.04 Å². The van der Waals surface area contributed by atoms with Gasteiger partial charge in [-0.05, 0) is 20.8 Å². The lowest BCUT2D eigenvalue weighted by molar-refractivity contribution is 0.128. The number of nitriles is 1. The van der Waals surface area contributed by atoms with Gasteiger partial charge in [-0.25, -0.2) is 9.97 Å². The van der Waals surface area contributed by atoms with Gasteiger partial charge in [0.05, 0.1) is 12.5 Å². The Kier molecular flexibility index (Phi) is 6.03. The topological polar surface area (TPSA) is 88.1 Å². The summed E-state index contributed by atoms with van der Waals surface area (Å²) in [6.45, 7) is 7.60. The molecule has 0 aliphatic heterocycles. The maximum atomic E-state index is 8.72. The molecule has 0 aromatic carbocycles. The number of ether oxygens (including phenoxy) is 1. The highest BCUT2D eigenvalue weighted by Gasteiger charge is 2.14. The Hall–Kier alpha value is -1.87. The maximum Gasteiger partial charge on any atom is 0.158 e. The minimum Gasteiger partial charge on any atom is -0.384 e. The summed E-state index contributed by atoms with van der Waals surface area (Å²) in [5, 5.41) is 8.72. The molecule has 0 saturated heterocycles. The van der Waals surface area contributed by atoms with E-state index in [4.69, 9.17) is 15.7 Å². The van der Waals surface area contributed by atoms with Crippen LogP contribution in [0.25, 0.3) is 0 Å². The van der Waals surface area contributed by atoms with Gasteiger partial charge in [-0.2, -0.15) is 5.26 Å². The Bertz CT molecular complexity index is 441. The maximum absolute atomic E-state index is 8.72. The van der Waals surface area contributed by atoms with E-state index in [0.29, 0.717) is 37.8 Å². The summed E-state index contributed by atoms with van der Waals surface area (Å²) in [5.41, 5.74) is 5.80. The van der Waals surface area contributed by atoms with Crippen molar-refractivity contribution in [2.75, 3.05) is 23.8 Å². The molecule has 104 valence electrons. The average molecular weight is 263 g/mol. The van der Waals surface area contributed by atoms with Crippen molar-refractivity contribution in [2.24, 2.45) is 0 Å². The van der Waals surface area contributed by atoms with E-state index < -0.39 is 0 Å². The zero-order valence-electron chi connectivity index (χ0n) is 11.8. The van der Waals surface area contributed by atoms with Crippen LogP contribution < -0.4 is 10.6 Å². The first-order chi connectivity index (χ1) is 9.08. The molecular weight excluding hydrogens is 242 g/mol. The fraction of sp³-hybridized carbons (Fsp3) is 0.615. The van der Waals surface area contributed by atoms with Gasteiger partial charge in [0.15, 0.2) is 5.82 Å². The van der Waals surface area contributed by atoms with Gasteiger partial charge in [0.1, 0.15) is 18.2 Å². The molecule has 0 radical (unpaired) electrons. The lowest BCUT2D eigenvalue weighted by Crippen LogP contribution is -2.32. The number of rotatable bonds is 7. The molecule has 1 rings (SSSR count). The van der Waals surface area contributed by atoms with Crippen molar-refractivity contribution in [3.8, 4) is 6.07 Å². The third-order valence-electron chi connectivity index (χ3n) is 2.60. The smallest absolute Gasteiger partial charge is 0.158 e. The van der Waals surface area contributed by atoms with Crippen LogP contribution >= 0.6 is 0 Å². The standard InChI is InChI=1S/C13H21N5O/c1-4-19-9-12-16-11(15)8-13(17-12)18(10(2)3)7-5-6-14/h8,10H,4-5,7,9H2,1-3H3,(H2,15,16,17). The van der Waals surface area contributed by atoms with Crippen molar-refractivity contribution in [1.29, 1.82) is 5.26 Å². The first-order valence-electron chi connectivity index (χ1n) is 6.43. The summed E-state index contributed by atoms with van der Waals surface area (Å²) < 4.78 is 5.30.